The summed E-state index contributed by atoms with van der Waals surface area (Å²) in [5, 5.41) is 3.81. The van der Waals surface area contributed by atoms with Crippen molar-refractivity contribution in [1.29, 1.82) is 0 Å². The van der Waals surface area contributed by atoms with Gasteiger partial charge in [0.25, 0.3) is 0 Å². The molecule has 0 bridgehead atoms. The lowest BCUT2D eigenvalue weighted by molar-refractivity contribution is -0.119. The molecule has 2 aromatic rings. The van der Waals surface area contributed by atoms with Gasteiger partial charge in [-0.2, -0.15) is 5.10 Å². The molecule has 1 N–H and O–H groups in total. The van der Waals surface area contributed by atoms with Crippen LogP contribution >= 0.6 is 11.6 Å². The summed E-state index contributed by atoms with van der Waals surface area (Å²) in [7, 11) is -3.89. The summed E-state index contributed by atoms with van der Waals surface area (Å²) in [5.74, 6) is -1.86. The quantitative estimate of drug-likeness (QED) is 0.864. The molecule has 0 unspecified atom stereocenters. The average molecular weight is 346 g/mol. The molecule has 0 atom stereocenters. The topological polar surface area (TPSA) is 81.1 Å². The van der Waals surface area contributed by atoms with Crippen LogP contribution in [0.2, 0.25) is 5.02 Å². The molecule has 22 heavy (non-hydrogen) atoms. The fourth-order valence-electron chi connectivity index (χ4n) is 1.76. The Balaban J connectivity index is 1.92. The van der Waals surface area contributed by atoms with Gasteiger partial charge < -0.3 is 0 Å². The number of halogens is 2. The number of hydrogen-bond donors (Lipinski definition) is 1. The number of hydrogen-bond acceptors (Lipinski definition) is 4. The van der Waals surface area contributed by atoms with E-state index in [1.165, 1.54) is 16.8 Å². The van der Waals surface area contributed by atoms with E-state index >= 15 is 0 Å². The lowest BCUT2D eigenvalue weighted by Crippen LogP contribution is -2.32. The molecule has 118 valence electrons. The van der Waals surface area contributed by atoms with Crippen molar-refractivity contribution in [3.05, 3.63) is 53.1 Å². The van der Waals surface area contributed by atoms with Crippen LogP contribution in [-0.4, -0.2) is 24.1 Å². The summed E-state index contributed by atoms with van der Waals surface area (Å²) in [6.45, 7) is 0.268. The summed E-state index contributed by atoms with van der Waals surface area (Å²) in [6, 6.07) is 5.37. The summed E-state index contributed by atoms with van der Waals surface area (Å²) < 4.78 is 40.4. The third kappa shape index (κ3) is 4.81. The van der Waals surface area contributed by atoms with Gasteiger partial charge in [0.2, 0.25) is 15.9 Å². The van der Waals surface area contributed by atoms with Crippen LogP contribution in [0.15, 0.2) is 36.7 Å². The number of nitrogens with one attached hydrogen (secondary N) is 1. The van der Waals surface area contributed by atoms with Crippen molar-refractivity contribution in [2.75, 3.05) is 0 Å². The van der Waals surface area contributed by atoms with E-state index in [0.717, 1.165) is 6.07 Å². The third-order valence-corrected chi connectivity index (χ3v) is 4.30. The van der Waals surface area contributed by atoms with Crippen molar-refractivity contribution < 1.29 is 17.6 Å². The van der Waals surface area contributed by atoms with Gasteiger partial charge in [-0.25, -0.2) is 12.8 Å². The van der Waals surface area contributed by atoms with E-state index in [0.29, 0.717) is 0 Å². The number of sulfonamides is 1. The van der Waals surface area contributed by atoms with Gasteiger partial charge in [-0.05, 0) is 23.8 Å². The molecule has 0 aliphatic heterocycles. The molecule has 1 amide bonds. The Kier molecular flexibility index (Phi) is 5.15. The van der Waals surface area contributed by atoms with Gasteiger partial charge in [-0.15, -0.1) is 0 Å². The zero-order chi connectivity index (χ0) is 16.2. The van der Waals surface area contributed by atoms with E-state index in [2.05, 4.69) is 5.10 Å². The van der Waals surface area contributed by atoms with E-state index in [-0.39, 0.29) is 23.6 Å². The number of carbonyl (C=O) groups excluding carboxylic acids is 1. The Morgan fingerprint density at radius 2 is 2.18 bits per heavy atom. The average Bonchev–Trinajstić information content (AvgIpc) is 2.93. The molecule has 0 saturated carbocycles. The number of carbonyl (C=O) groups is 1. The number of amides is 1. The molecule has 0 radical (unpaired) electrons. The van der Waals surface area contributed by atoms with Crippen LogP contribution in [0.5, 0.6) is 0 Å². The second kappa shape index (κ2) is 6.89. The highest BCUT2D eigenvalue weighted by atomic mass is 35.5. The van der Waals surface area contributed by atoms with Crippen LogP contribution in [0, 0.1) is 5.82 Å². The third-order valence-electron chi connectivity index (χ3n) is 2.74. The van der Waals surface area contributed by atoms with E-state index < -0.39 is 27.5 Å². The van der Waals surface area contributed by atoms with Crippen LogP contribution < -0.4 is 4.72 Å². The van der Waals surface area contributed by atoms with Crippen LogP contribution in [0.1, 0.15) is 12.0 Å². The number of benzene rings is 1. The molecule has 0 aliphatic rings. The molecule has 1 aromatic carbocycles. The van der Waals surface area contributed by atoms with Gasteiger partial charge in [0, 0.05) is 25.4 Å². The second-order valence-corrected chi connectivity index (χ2v) is 6.68. The van der Waals surface area contributed by atoms with Gasteiger partial charge >= 0.3 is 0 Å². The van der Waals surface area contributed by atoms with E-state index in [1.54, 1.807) is 18.5 Å². The minimum atomic E-state index is -3.89. The Hall–Kier alpha value is -1.93. The highest BCUT2D eigenvalue weighted by Gasteiger charge is 2.16. The highest BCUT2D eigenvalue weighted by molar-refractivity contribution is 7.89. The largest absolute Gasteiger partial charge is 0.274 e. The van der Waals surface area contributed by atoms with Crippen LogP contribution in [0.4, 0.5) is 4.39 Å². The molecule has 0 fully saturated rings. The SMILES string of the molecule is O=C(CCn1cccn1)NS(=O)(=O)Cc1ccc(Cl)c(F)c1. The summed E-state index contributed by atoms with van der Waals surface area (Å²) in [5.41, 5.74) is 0.203. The first-order valence-electron chi connectivity index (χ1n) is 6.30. The van der Waals surface area contributed by atoms with E-state index in [9.17, 15) is 17.6 Å². The summed E-state index contributed by atoms with van der Waals surface area (Å²) >= 11 is 5.52. The smallest absolute Gasteiger partial charge is 0.239 e. The molecule has 2 rings (SSSR count). The fourth-order valence-corrected chi connectivity index (χ4v) is 3.02. The maximum absolute atomic E-state index is 13.3. The Bertz CT molecular complexity index is 763. The first-order valence-corrected chi connectivity index (χ1v) is 8.33. The van der Waals surface area contributed by atoms with Crippen LogP contribution in [-0.2, 0) is 27.1 Å². The fraction of sp³-hybridized carbons (Fsp3) is 0.231. The van der Waals surface area contributed by atoms with Crippen LogP contribution in [0.25, 0.3) is 0 Å². The van der Waals surface area contributed by atoms with E-state index in [4.69, 9.17) is 11.6 Å². The lowest BCUT2D eigenvalue weighted by atomic mass is 10.2. The number of nitrogens with zero attached hydrogens (tertiary/aromatic N) is 2. The van der Waals surface area contributed by atoms with Gasteiger partial charge in [0.1, 0.15) is 5.82 Å². The molecule has 0 aliphatic carbocycles. The molecular formula is C13H13ClFN3O3S. The van der Waals surface area contributed by atoms with Crippen LogP contribution in [0.3, 0.4) is 0 Å². The monoisotopic (exact) mass is 345 g/mol. The molecular weight excluding hydrogens is 333 g/mol. The van der Waals surface area contributed by atoms with Crippen molar-refractivity contribution in [3.63, 3.8) is 0 Å². The molecule has 9 heteroatoms. The Labute approximate surface area is 131 Å². The second-order valence-electron chi connectivity index (χ2n) is 4.55. The van der Waals surface area contributed by atoms with Gasteiger partial charge in [0.05, 0.1) is 10.8 Å². The molecule has 1 aromatic heterocycles. The normalized spacial score (nSPS) is 11.4. The van der Waals surface area contributed by atoms with Gasteiger partial charge in [0.15, 0.2) is 0 Å². The molecule has 0 spiro atoms. The maximum Gasteiger partial charge on any atom is 0.239 e. The Morgan fingerprint density at radius 1 is 1.41 bits per heavy atom. The zero-order valence-corrected chi connectivity index (χ0v) is 12.9. The predicted octanol–water partition coefficient (Wildman–Crippen LogP) is 1.71. The molecule has 6 nitrogen and oxygen atoms in total. The van der Waals surface area contributed by atoms with Gasteiger partial charge in [-0.1, -0.05) is 17.7 Å². The van der Waals surface area contributed by atoms with Crippen molar-refractivity contribution in [3.8, 4) is 0 Å². The van der Waals surface area contributed by atoms with Crippen molar-refractivity contribution in [2.45, 2.75) is 18.7 Å². The van der Waals surface area contributed by atoms with Crippen molar-refractivity contribution in [1.82, 2.24) is 14.5 Å². The summed E-state index contributed by atoms with van der Waals surface area (Å²) in [6.07, 6.45) is 3.19. The lowest BCUT2D eigenvalue weighted by Gasteiger charge is -2.07. The minimum Gasteiger partial charge on any atom is -0.274 e. The molecule has 1 heterocycles. The van der Waals surface area contributed by atoms with Gasteiger partial charge in [-0.3, -0.25) is 14.2 Å². The number of aryl methyl sites for hydroxylation is 1. The number of rotatable bonds is 6. The predicted molar refractivity (Wildman–Crippen MR) is 79.0 cm³/mol. The standard InChI is InChI=1S/C13H13ClFN3O3S/c14-11-3-2-10(8-12(11)15)9-22(20,21)17-13(19)4-7-18-6-1-5-16-18/h1-3,5-6,8H,4,7,9H2,(H,17,19). The maximum atomic E-state index is 13.3. The summed E-state index contributed by atoms with van der Waals surface area (Å²) in [4.78, 5) is 11.6. The number of aromatic nitrogens is 2. The van der Waals surface area contributed by atoms with Crippen molar-refractivity contribution in [2.24, 2.45) is 0 Å². The molecule has 0 saturated heterocycles. The van der Waals surface area contributed by atoms with E-state index in [1.807, 2.05) is 4.72 Å². The zero-order valence-electron chi connectivity index (χ0n) is 11.4. The highest BCUT2D eigenvalue weighted by Crippen LogP contribution is 2.16. The van der Waals surface area contributed by atoms with Crippen molar-refractivity contribution >= 4 is 27.5 Å². The first kappa shape index (κ1) is 16.4. The minimum absolute atomic E-state index is 0.0319. The Morgan fingerprint density at radius 3 is 2.82 bits per heavy atom. The first-order chi connectivity index (χ1) is 10.4.